The predicted molar refractivity (Wildman–Crippen MR) is 85.0 cm³/mol. The summed E-state index contributed by atoms with van der Waals surface area (Å²) in [5.41, 5.74) is 0.744. The first kappa shape index (κ1) is 16.6. The second-order valence-electron chi connectivity index (χ2n) is 4.43. The van der Waals surface area contributed by atoms with Crippen molar-refractivity contribution in [3.63, 3.8) is 0 Å². The van der Waals surface area contributed by atoms with Crippen molar-refractivity contribution in [1.82, 2.24) is 4.72 Å². The Kier molecular flexibility index (Phi) is 5.28. The summed E-state index contributed by atoms with van der Waals surface area (Å²) in [6.07, 6.45) is 0. The van der Waals surface area contributed by atoms with Crippen LogP contribution in [0, 0.1) is 0 Å². The molecule has 0 aliphatic heterocycles. The summed E-state index contributed by atoms with van der Waals surface area (Å²) in [5, 5.41) is 0.239. The lowest BCUT2D eigenvalue weighted by atomic mass is 10.2. The van der Waals surface area contributed by atoms with Crippen molar-refractivity contribution in [3.8, 4) is 11.5 Å². The van der Waals surface area contributed by atoms with Crippen molar-refractivity contribution < 1.29 is 17.9 Å². The van der Waals surface area contributed by atoms with Crippen molar-refractivity contribution >= 4 is 21.6 Å². The molecule has 1 N–H and O–H groups in total. The van der Waals surface area contributed by atoms with Gasteiger partial charge >= 0.3 is 0 Å². The van der Waals surface area contributed by atoms with E-state index in [2.05, 4.69) is 4.72 Å². The molecule has 0 aliphatic rings. The molecule has 2 aromatic carbocycles. The quantitative estimate of drug-likeness (QED) is 0.877. The van der Waals surface area contributed by atoms with E-state index in [1.54, 1.807) is 12.1 Å². The molecule has 0 unspecified atom stereocenters. The number of para-hydroxylation sites is 1. The van der Waals surface area contributed by atoms with E-state index in [0.717, 1.165) is 5.56 Å². The molecule has 5 nitrogen and oxygen atoms in total. The number of nitrogens with one attached hydrogen (secondary N) is 1. The van der Waals surface area contributed by atoms with Gasteiger partial charge < -0.3 is 9.47 Å². The Morgan fingerprint density at radius 1 is 1.05 bits per heavy atom. The molecular weight excluding hydrogens is 326 g/mol. The molecule has 0 bridgehead atoms. The van der Waals surface area contributed by atoms with Crippen molar-refractivity contribution in [2.45, 2.75) is 11.4 Å². The van der Waals surface area contributed by atoms with Gasteiger partial charge in [-0.25, -0.2) is 13.1 Å². The van der Waals surface area contributed by atoms with Gasteiger partial charge in [-0.05, 0) is 24.3 Å². The van der Waals surface area contributed by atoms with Gasteiger partial charge in [0.05, 0.1) is 24.1 Å². The highest BCUT2D eigenvalue weighted by Crippen LogP contribution is 2.27. The first-order valence-electron chi connectivity index (χ1n) is 6.43. The van der Waals surface area contributed by atoms with Crippen LogP contribution in [-0.2, 0) is 16.6 Å². The van der Waals surface area contributed by atoms with Crippen LogP contribution in [0.1, 0.15) is 5.56 Å². The van der Waals surface area contributed by atoms with E-state index >= 15 is 0 Å². The largest absolute Gasteiger partial charge is 0.496 e. The molecule has 2 aromatic rings. The second-order valence-corrected chi connectivity index (χ2v) is 6.61. The Bertz CT molecular complexity index is 762. The molecule has 22 heavy (non-hydrogen) atoms. The van der Waals surface area contributed by atoms with Crippen LogP contribution >= 0.6 is 11.6 Å². The zero-order chi connectivity index (χ0) is 16.2. The van der Waals surface area contributed by atoms with Crippen LogP contribution in [0.2, 0.25) is 5.02 Å². The van der Waals surface area contributed by atoms with Crippen LogP contribution in [0.4, 0.5) is 0 Å². The molecule has 118 valence electrons. The third kappa shape index (κ3) is 3.71. The van der Waals surface area contributed by atoms with E-state index < -0.39 is 10.0 Å². The number of rotatable bonds is 6. The molecule has 0 aliphatic carbocycles. The highest BCUT2D eigenvalue weighted by molar-refractivity contribution is 7.89. The monoisotopic (exact) mass is 341 g/mol. The zero-order valence-corrected chi connectivity index (χ0v) is 13.7. The van der Waals surface area contributed by atoms with E-state index in [0.29, 0.717) is 11.5 Å². The molecule has 0 fully saturated rings. The smallest absolute Gasteiger partial charge is 0.240 e. The zero-order valence-electron chi connectivity index (χ0n) is 12.2. The van der Waals surface area contributed by atoms with Crippen molar-refractivity contribution in [3.05, 3.63) is 53.1 Å². The molecule has 0 spiro atoms. The lowest BCUT2D eigenvalue weighted by molar-refractivity contribution is 0.409. The lowest BCUT2D eigenvalue weighted by Gasteiger charge is -2.11. The molecule has 0 radical (unpaired) electrons. The number of hydrogen-bond donors (Lipinski definition) is 1. The number of ether oxygens (including phenoxy) is 2. The summed E-state index contributed by atoms with van der Waals surface area (Å²) in [6.45, 7) is 0.121. The fourth-order valence-electron chi connectivity index (χ4n) is 1.92. The maximum absolute atomic E-state index is 12.3. The number of benzene rings is 2. The second kappa shape index (κ2) is 7.00. The SMILES string of the molecule is COc1ccc(S(=O)(=O)NCc2ccccc2OC)cc1Cl. The summed E-state index contributed by atoms with van der Waals surface area (Å²) < 4.78 is 37.3. The number of hydrogen-bond acceptors (Lipinski definition) is 4. The van der Waals surface area contributed by atoms with Crippen LogP contribution in [0.25, 0.3) is 0 Å². The van der Waals surface area contributed by atoms with E-state index in [1.807, 2.05) is 12.1 Å². The average Bonchev–Trinajstić information content (AvgIpc) is 2.53. The molecule has 0 aromatic heterocycles. The fourth-order valence-corrected chi connectivity index (χ4v) is 3.27. The minimum absolute atomic E-state index is 0.0770. The molecular formula is C15H16ClNO4S. The van der Waals surface area contributed by atoms with Gasteiger partial charge in [0.15, 0.2) is 0 Å². The maximum atomic E-state index is 12.3. The molecule has 0 amide bonds. The molecule has 7 heteroatoms. The van der Waals surface area contributed by atoms with Gasteiger partial charge in [0.2, 0.25) is 10.0 Å². The molecule has 2 rings (SSSR count). The Labute approximate surface area is 134 Å². The topological polar surface area (TPSA) is 64.6 Å². The number of halogens is 1. The molecule has 0 saturated heterocycles. The Morgan fingerprint density at radius 3 is 2.36 bits per heavy atom. The van der Waals surface area contributed by atoms with Gasteiger partial charge in [-0.2, -0.15) is 0 Å². The van der Waals surface area contributed by atoms with Crippen molar-refractivity contribution in [2.24, 2.45) is 0 Å². The van der Waals surface area contributed by atoms with E-state index in [-0.39, 0.29) is 16.5 Å². The van der Waals surface area contributed by atoms with Crippen LogP contribution in [-0.4, -0.2) is 22.6 Å². The van der Waals surface area contributed by atoms with Crippen molar-refractivity contribution in [1.29, 1.82) is 0 Å². The summed E-state index contributed by atoms with van der Waals surface area (Å²) >= 11 is 5.96. The molecule has 0 saturated carbocycles. The Hall–Kier alpha value is -1.76. The predicted octanol–water partition coefficient (Wildman–Crippen LogP) is 2.84. The van der Waals surface area contributed by atoms with Crippen LogP contribution in [0.15, 0.2) is 47.4 Å². The Morgan fingerprint density at radius 2 is 1.73 bits per heavy atom. The Balaban J connectivity index is 2.19. The van der Waals surface area contributed by atoms with Crippen LogP contribution in [0.5, 0.6) is 11.5 Å². The van der Waals surface area contributed by atoms with Gasteiger partial charge in [0, 0.05) is 12.1 Å². The van der Waals surface area contributed by atoms with E-state index in [4.69, 9.17) is 21.1 Å². The molecule has 0 atom stereocenters. The standard InChI is InChI=1S/C15H16ClNO4S/c1-20-14-6-4-3-5-11(14)10-17-22(18,19)12-7-8-15(21-2)13(16)9-12/h3-9,17H,10H2,1-2H3. The van der Waals surface area contributed by atoms with Crippen molar-refractivity contribution in [2.75, 3.05) is 14.2 Å². The van der Waals surface area contributed by atoms with Gasteiger partial charge in [0.25, 0.3) is 0 Å². The molecule has 0 heterocycles. The average molecular weight is 342 g/mol. The van der Waals surface area contributed by atoms with Crippen LogP contribution < -0.4 is 14.2 Å². The normalized spacial score (nSPS) is 11.2. The van der Waals surface area contributed by atoms with E-state index in [9.17, 15) is 8.42 Å². The lowest BCUT2D eigenvalue weighted by Crippen LogP contribution is -2.23. The number of sulfonamides is 1. The number of methoxy groups -OCH3 is 2. The minimum atomic E-state index is -3.68. The highest BCUT2D eigenvalue weighted by atomic mass is 35.5. The summed E-state index contributed by atoms with van der Waals surface area (Å²) in [7, 11) is -0.671. The maximum Gasteiger partial charge on any atom is 0.240 e. The van der Waals surface area contributed by atoms with E-state index in [1.165, 1.54) is 32.4 Å². The van der Waals surface area contributed by atoms with Gasteiger partial charge in [0.1, 0.15) is 11.5 Å². The summed E-state index contributed by atoms with van der Waals surface area (Å²) in [4.78, 5) is 0.0770. The summed E-state index contributed by atoms with van der Waals surface area (Å²) in [6, 6.07) is 11.5. The van der Waals surface area contributed by atoms with Crippen LogP contribution in [0.3, 0.4) is 0 Å². The van der Waals surface area contributed by atoms with Gasteiger partial charge in [-0.15, -0.1) is 0 Å². The highest BCUT2D eigenvalue weighted by Gasteiger charge is 2.16. The third-order valence-corrected chi connectivity index (χ3v) is 4.77. The van der Waals surface area contributed by atoms with Gasteiger partial charge in [-0.1, -0.05) is 29.8 Å². The third-order valence-electron chi connectivity index (χ3n) is 3.08. The minimum Gasteiger partial charge on any atom is -0.496 e. The first-order valence-corrected chi connectivity index (χ1v) is 8.29. The first-order chi connectivity index (χ1) is 10.5. The van der Waals surface area contributed by atoms with Gasteiger partial charge in [-0.3, -0.25) is 0 Å². The fraction of sp³-hybridized carbons (Fsp3) is 0.200. The summed E-state index contributed by atoms with van der Waals surface area (Å²) in [5.74, 6) is 1.04.